The smallest absolute Gasteiger partial charge is 0.294 e. The van der Waals surface area contributed by atoms with E-state index in [0.29, 0.717) is 0 Å². The number of hydrogen-bond acceptors (Lipinski definition) is 2. The summed E-state index contributed by atoms with van der Waals surface area (Å²) in [5.74, 6) is -0.00694. The first-order valence-electron chi connectivity index (χ1n) is 2.11. The Bertz CT molecular complexity index is 130. The van der Waals surface area contributed by atoms with Crippen molar-refractivity contribution in [3.8, 4) is 0 Å². The van der Waals surface area contributed by atoms with Crippen LogP contribution in [0.15, 0.2) is 24.9 Å². The predicted molar refractivity (Wildman–Crippen MR) is 25.3 cm³/mol. The van der Waals surface area contributed by atoms with Gasteiger partial charge in [-0.3, -0.25) is 0 Å². The number of hydrogen-bond donors (Lipinski definition) is 0. The van der Waals surface area contributed by atoms with Gasteiger partial charge in [0.05, 0.1) is 0 Å². The zero-order valence-electron chi connectivity index (χ0n) is 4.13. The van der Waals surface area contributed by atoms with Gasteiger partial charge in [-0.2, -0.15) is 4.39 Å². The lowest BCUT2D eigenvalue weighted by Gasteiger charge is -2.13. The first-order chi connectivity index (χ1) is 3.80. The summed E-state index contributed by atoms with van der Waals surface area (Å²) in [7, 11) is 0. The van der Waals surface area contributed by atoms with Crippen LogP contribution in [-0.2, 0) is 9.47 Å². The minimum absolute atomic E-state index is 0.00694. The number of halogens is 1. The van der Waals surface area contributed by atoms with E-state index >= 15 is 0 Å². The summed E-state index contributed by atoms with van der Waals surface area (Å²) in [6, 6.07) is 0. The van der Waals surface area contributed by atoms with Crippen LogP contribution in [0.4, 0.5) is 4.39 Å². The number of alkyl halides is 1. The second kappa shape index (κ2) is 1.86. The zero-order valence-corrected chi connectivity index (χ0v) is 4.13. The van der Waals surface area contributed by atoms with Gasteiger partial charge in [-0.05, 0) is 0 Å². The van der Waals surface area contributed by atoms with Gasteiger partial charge in [-0.25, -0.2) is 0 Å². The topological polar surface area (TPSA) is 18.5 Å². The summed E-state index contributed by atoms with van der Waals surface area (Å²) in [5, 5.41) is 0. The molecule has 1 aliphatic heterocycles. The largest absolute Gasteiger partial charge is 0.460 e. The van der Waals surface area contributed by atoms with Crippen LogP contribution in [0.3, 0.4) is 0 Å². The van der Waals surface area contributed by atoms with Crippen LogP contribution in [0, 0.1) is 0 Å². The molecule has 1 unspecified atom stereocenters. The molecule has 0 fully saturated rings. The molecule has 2 nitrogen and oxygen atoms in total. The van der Waals surface area contributed by atoms with Gasteiger partial charge in [-0.15, -0.1) is 0 Å². The fraction of sp³-hybridized carbons (Fsp3) is 0.200. The van der Waals surface area contributed by atoms with E-state index in [4.69, 9.17) is 0 Å². The Morgan fingerprint density at radius 1 is 1.62 bits per heavy atom. The Hall–Kier alpha value is -0.990. The van der Waals surface area contributed by atoms with E-state index < -0.39 is 6.36 Å². The molecule has 0 spiro atoms. The van der Waals surface area contributed by atoms with E-state index in [0.717, 1.165) is 6.26 Å². The van der Waals surface area contributed by atoms with Crippen molar-refractivity contribution < 1.29 is 13.9 Å². The summed E-state index contributed by atoms with van der Waals surface area (Å²) in [5.41, 5.74) is 0. The maximum absolute atomic E-state index is 12.1. The third-order valence-corrected chi connectivity index (χ3v) is 0.726. The highest BCUT2D eigenvalue weighted by atomic mass is 19.1. The lowest BCUT2D eigenvalue weighted by atomic mass is 10.5. The molecule has 0 aromatic carbocycles. The van der Waals surface area contributed by atoms with Crippen LogP contribution in [0.1, 0.15) is 0 Å². The van der Waals surface area contributed by atoms with Crippen molar-refractivity contribution in [2.24, 2.45) is 0 Å². The van der Waals surface area contributed by atoms with Gasteiger partial charge in [0.25, 0.3) is 6.36 Å². The molecule has 0 bridgehead atoms. The van der Waals surface area contributed by atoms with E-state index in [1.165, 1.54) is 6.26 Å². The van der Waals surface area contributed by atoms with Gasteiger partial charge in [0.15, 0.2) is 5.76 Å². The molecule has 0 amide bonds. The van der Waals surface area contributed by atoms with Gasteiger partial charge >= 0.3 is 0 Å². The molecule has 0 N–H and O–H groups in total. The lowest BCUT2D eigenvalue weighted by molar-refractivity contribution is -0.00369. The van der Waals surface area contributed by atoms with E-state index in [9.17, 15) is 4.39 Å². The molecule has 1 atom stereocenters. The molecule has 44 valence electrons. The quantitative estimate of drug-likeness (QED) is 0.475. The van der Waals surface area contributed by atoms with Crippen molar-refractivity contribution in [3.63, 3.8) is 0 Å². The SMILES string of the molecule is C=C1OC=COC1F. The first-order valence-corrected chi connectivity index (χ1v) is 2.11. The van der Waals surface area contributed by atoms with Crippen LogP contribution < -0.4 is 0 Å². The average molecular weight is 116 g/mol. The monoisotopic (exact) mass is 116 g/mol. The standard InChI is InChI=1S/C5H5FO2/c1-4-5(6)8-3-2-7-4/h2-3,5H,1H2. The van der Waals surface area contributed by atoms with E-state index in [1.54, 1.807) is 0 Å². The number of ether oxygens (including phenoxy) is 2. The molecular formula is C5H5FO2. The van der Waals surface area contributed by atoms with Crippen molar-refractivity contribution in [1.82, 2.24) is 0 Å². The van der Waals surface area contributed by atoms with E-state index in [1.807, 2.05) is 0 Å². The van der Waals surface area contributed by atoms with Crippen LogP contribution >= 0.6 is 0 Å². The molecule has 0 radical (unpaired) electrons. The Balaban J connectivity index is 2.57. The zero-order chi connectivity index (χ0) is 5.98. The highest BCUT2D eigenvalue weighted by Gasteiger charge is 2.13. The molecule has 1 aliphatic rings. The van der Waals surface area contributed by atoms with E-state index in [-0.39, 0.29) is 5.76 Å². The molecule has 0 aliphatic carbocycles. The van der Waals surface area contributed by atoms with Gasteiger partial charge in [0.2, 0.25) is 0 Å². The summed E-state index contributed by atoms with van der Waals surface area (Å²) in [4.78, 5) is 0. The first kappa shape index (κ1) is 5.15. The van der Waals surface area contributed by atoms with Crippen molar-refractivity contribution in [3.05, 3.63) is 24.9 Å². The van der Waals surface area contributed by atoms with Crippen molar-refractivity contribution in [2.75, 3.05) is 0 Å². The fourth-order valence-electron chi connectivity index (χ4n) is 0.346. The molecule has 3 heteroatoms. The molecule has 0 aromatic rings. The summed E-state index contributed by atoms with van der Waals surface area (Å²) < 4.78 is 20.9. The molecule has 0 saturated carbocycles. The van der Waals surface area contributed by atoms with Gasteiger partial charge < -0.3 is 9.47 Å². The van der Waals surface area contributed by atoms with Crippen LogP contribution in [0.25, 0.3) is 0 Å². The van der Waals surface area contributed by atoms with Crippen molar-refractivity contribution in [2.45, 2.75) is 6.36 Å². The molecule has 0 saturated heterocycles. The summed E-state index contributed by atoms with van der Waals surface area (Å²) in [6.45, 7) is 3.22. The Labute approximate surface area is 46.2 Å². The molecule has 1 heterocycles. The van der Waals surface area contributed by atoms with Crippen LogP contribution in [0.2, 0.25) is 0 Å². The second-order valence-corrected chi connectivity index (χ2v) is 1.31. The normalized spacial score (nSPS) is 26.6. The lowest BCUT2D eigenvalue weighted by Crippen LogP contribution is -2.09. The maximum atomic E-state index is 12.1. The third kappa shape index (κ3) is 0.804. The molecule has 0 aromatic heterocycles. The van der Waals surface area contributed by atoms with Crippen LogP contribution in [-0.4, -0.2) is 6.36 Å². The second-order valence-electron chi connectivity index (χ2n) is 1.31. The van der Waals surface area contributed by atoms with Gasteiger partial charge in [0.1, 0.15) is 12.5 Å². The van der Waals surface area contributed by atoms with Gasteiger partial charge in [0, 0.05) is 0 Å². The average Bonchev–Trinajstić information content (AvgIpc) is 1.77. The molecule has 8 heavy (non-hydrogen) atoms. The van der Waals surface area contributed by atoms with Crippen molar-refractivity contribution in [1.29, 1.82) is 0 Å². The fourth-order valence-corrected chi connectivity index (χ4v) is 0.346. The predicted octanol–water partition coefficient (Wildman–Crippen LogP) is 1.31. The third-order valence-electron chi connectivity index (χ3n) is 0.726. The van der Waals surface area contributed by atoms with Crippen molar-refractivity contribution >= 4 is 0 Å². The Morgan fingerprint density at radius 2 is 2.38 bits per heavy atom. The summed E-state index contributed by atoms with van der Waals surface area (Å²) in [6.07, 6.45) is 0.873. The summed E-state index contributed by atoms with van der Waals surface area (Å²) >= 11 is 0. The Morgan fingerprint density at radius 3 is 2.75 bits per heavy atom. The molecular weight excluding hydrogens is 111 g/mol. The van der Waals surface area contributed by atoms with Gasteiger partial charge in [-0.1, -0.05) is 6.58 Å². The van der Waals surface area contributed by atoms with Crippen LogP contribution in [0.5, 0.6) is 0 Å². The Kier molecular flexibility index (Phi) is 1.20. The minimum Gasteiger partial charge on any atom is -0.460 e. The molecule has 1 rings (SSSR count). The van der Waals surface area contributed by atoms with E-state index in [2.05, 4.69) is 16.1 Å². The number of rotatable bonds is 0. The maximum Gasteiger partial charge on any atom is 0.294 e. The minimum atomic E-state index is -1.50. The highest BCUT2D eigenvalue weighted by molar-refractivity contribution is 4.93. The highest BCUT2D eigenvalue weighted by Crippen LogP contribution is 2.12.